The summed E-state index contributed by atoms with van der Waals surface area (Å²) in [4.78, 5) is 12.7. The number of hydrogen-bond acceptors (Lipinski definition) is 1. The fourth-order valence-corrected chi connectivity index (χ4v) is 10.4. The van der Waals surface area contributed by atoms with Crippen LogP contribution in [0.5, 0.6) is 0 Å². The molecule has 4 aliphatic carbocycles. The Kier molecular flexibility index (Phi) is 9.22. The second-order valence-electron chi connectivity index (χ2n) is 15.1. The van der Waals surface area contributed by atoms with Crippen LogP contribution in [0.15, 0.2) is 0 Å². The zero-order chi connectivity index (χ0) is 26.0. The molecule has 0 saturated heterocycles. The molecule has 0 aliphatic heterocycles. The smallest absolute Gasteiger partial charge is 0.220 e. The van der Waals surface area contributed by atoms with Crippen LogP contribution in [0.3, 0.4) is 0 Å². The summed E-state index contributed by atoms with van der Waals surface area (Å²) in [5, 5.41) is 3.24. The summed E-state index contributed by atoms with van der Waals surface area (Å²) in [7, 11) is 4.65. The van der Waals surface area contributed by atoms with Gasteiger partial charge in [0.15, 0.2) is 0 Å². The highest BCUT2D eigenvalue weighted by Crippen LogP contribution is 2.68. The first-order chi connectivity index (χ1) is 17.1. The van der Waals surface area contributed by atoms with Crippen molar-refractivity contribution in [2.24, 2.45) is 46.3 Å². The lowest BCUT2D eigenvalue weighted by molar-refractivity contribution is -0.890. The second kappa shape index (κ2) is 11.7. The summed E-state index contributed by atoms with van der Waals surface area (Å²) in [6.45, 7) is 13.4. The number of rotatable bonds is 11. The van der Waals surface area contributed by atoms with Gasteiger partial charge in [0.05, 0.1) is 27.2 Å². The third-order valence-electron chi connectivity index (χ3n) is 12.5. The number of carbonyl (C=O) groups is 1. The van der Waals surface area contributed by atoms with E-state index >= 15 is 0 Å². The third kappa shape index (κ3) is 5.86. The zero-order valence-corrected chi connectivity index (χ0v) is 25.0. The van der Waals surface area contributed by atoms with Gasteiger partial charge in [-0.05, 0) is 111 Å². The van der Waals surface area contributed by atoms with Crippen molar-refractivity contribution >= 4 is 5.91 Å². The number of nitrogens with one attached hydrogen (secondary N) is 1. The molecule has 8 atom stereocenters. The largest absolute Gasteiger partial charge is 0.356 e. The van der Waals surface area contributed by atoms with Gasteiger partial charge in [0, 0.05) is 19.4 Å². The molecule has 4 aliphatic rings. The summed E-state index contributed by atoms with van der Waals surface area (Å²) in [5.41, 5.74) is 1.17. The van der Waals surface area contributed by atoms with Gasteiger partial charge in [-0.2, -0.15) is 0 Å². The first-order valence-electron chi connectivity index (χ1n) is 16.2. The normalized spacial score (nSPS) is 39.1. The molecule has 0 bridgehead atoms. The number of fused-ring (bicyclic) bond motifs is 5. The predicted octanol–water partition coefficient (Wildman–Crippen LogP) is 7.83. The first-order valence-corrected chi connectivity index (χ1v) is 16.2. The molecule has 208 valence electrons. The maximum absolute atomic E-state index is 12.7. The molecule has 4 rings (SSSR count). The van der Waals surface area contributed by atoms with Crippen LogP contribution in [-0.2, 0) is 4.79 Å². The van der Waals surface area contributed by atoms with Gasteiger partial charge >= 0.3 is 0 Å². The van der Waals surface area contributed by atoms with E-state index in [4.69, 9.17) is 0 Å². The SMILES string of the molecule is CCCC[N+](C)(C)CCCNC(=O)CC[C@@H](C)[C@H]1CCC2C3CCC4CCCC[C@]4(C)C3CC[C@@]21C. The molecule has 0 aromatic rings. The van der Waals surface area contributed by atoms with Crippen LogP contribution in [0.25, 0.3) is 0 Å². The van der Waals surface area contributed by atoms with Crippen molar-refractivity contribution < 1.29 is 9.28 Å². The number of nitrogens with zero attached hydrogens (tertiary/aromatic N) is 1. The van der Waals surface area contributed by atoms with Crippen LogP contribution >= 0.6 is 0 Å². The third-order valence-corrected chi connectivity index (χ3v) is 12.5. The summed E-state index contributed by atoms with van der Waals surface area (Å²) >= 11 is 0. The van der Waals surface area contributed by atoms with Crippen LogP contribution in [0, 0.1) is 46.3 Å². The van der Waals surface area contributed by atoms with E-state index in [1.54, 1.807) is 0 Å². The van der Waals surface area contributed by atoms with Gasteiger partial charge in [0.1, 0.15) is 0 Å². The van der Waals surface area contributed by atoms with Gasteiger partial charge in [-0.15, -0.1) is 0 Å². The average molecular weight is 502 g/mol. The Morgan fingerprint density at radius 2 is 1.67 bits per heavy atom. The number of carbonyl (C=O) groups excluding carboxylic acids is 1. The minimum absolute atomic E-state index is 0.285. The van der Waals surface area contributed by atoms with Crippen LogP contribution in [0.2, 0.25) is 0 Å². The van der Waals surface area contributed by atoms with E-state index in [2.05, 4.69) is 47.1 Å². The lowest BCUT2D eigenvalue weighted by Crippen LogP contribution is -2.53. The molecule has 3 heteroatoms. The van der Waals surface area contributed by atoms with Crippen molar-refractivity contribution in [3.63, 3.8) is 0 Å². The fraction of sp³-hybridized carbons (Fsp3) is 0.970. The van der Waals surface area contributed by atoms with Gasteiger partial charge in [0.25, 0.3) is 0 Å². The second-order valence-corrected chi connectivity index (χ2v) is 15.1. The monoisotopic (exact) mass is 501 g/mol. The quantitative estimate of drug-likeness (QED) is 0.227. The molecular weight excluding hydrogens is 440 g/mol. The van der Waals surface area contributed by atoms with Crippen LogP contribution in [0.1, 0.15) is 124 Å². The standard InChI is InChI=1S/C33H60N2O/c1-7-8-23-35(5,6)24-11-22-34-31(36)18-13-25(2)28-16-17-29-27-15-14-26-12-9-10-20-32(26,3)30(27)19-21-33(28,29)4/h25-30H,7-24H2,1-6H3/p+1/t25-,26?,27?,28-,29?,30?,32+,33-/m1/s1. The molecule has 4 saturated carbocycles. The molecule has 0 radical (unpaired) electrons. The van der Waals surface area contributed by atoms with Crippen LogP contribution in [0.4, 0.5) is 0 Å². The number of hydrogen-bond donors (Lipinski definition) is 1. The Hall–Kier alpha value is -0.570. The molecule has 0 aromatic carbocycles. The lowest BCUT2D eigenvalue weighted by Gasteiger charge is -2.61. The molecule has 36 heavy (non-hydrogen) atoms. The minimum Gasteiger partial charge on any atom is -0.356 e. The Balaban J connectivity index is 1.24. The summed E-state index contributed by atoms with van der Waals surface area (Å²) in [6, 6.07) is 0. The molecule has 3 nitrogen and oxygen atoms in total. The van der Waals surface area contributed by atoms with E-state index < -0.39 is 0 Å². The molecular formula is C33H61N2O+. The predicted molar refractivity (Wildman–Crippen MR) is 153 cm³/mol. The Morgan fingerprint density at radius 3 is 2.44 bits per heavy atom. The molecule has 1 N–H and O–H groups in total. The van der Waals surface area contributed by atoms with Gasteiger partial charge in [-0.1, -0.05) is 47.0 Å². The Bertz CT molecular complexity index is 733. The molecule has 4 unspecified atom stereocenters. The summed E-state index contributed by atoms with van der Waals surface area (Å²) < 4.78 is 1.07. The molecule has 0 heterocycles. The van der Waals surface area contributed by atoms with E-state index in [-0.39, 0.29) is 5.91 Å². The molecule has 4 fully saturated rings. The topological polar surface area (TPSA) is 29.1 Å². The van der Waals surface area contributed by atoms with E-state index in [1.807, 2.05) is 0 Å². The van der Waals surface area contributed by atoms with Gasteiger partial charge in [0.2, 0.25) is 5.91 Å². The first kappa shape index (κ1) is 28.4. The highest BCUT2D eigenvalue weighted by molar-refractivity contribution is 5.75. The van der Waals surface area contributed by atoms with Crippen molar-refractivity contribution in [3.05, 3.63) is 0 Å². The molecule has 0 spiro atoms. The van der Waals surface area contributed by atoms with E-state index in [1.165, 1.54) is 83.6 Å². The van der Waals surface area contributed by atoms with Crippen molar-refractivity contribution in [1.82, 2.24) is 5.32 Å². The van der Waals surface area contributed by atoms with E-state index in [0.29, 0.717) is 16.7 Å². The average Bonchev–Trinajstić information content (AvgIpc) is 3.21. The number of amides is 1. The summed E-state index contributed by atoms with van der Waals surface area (Å²) in [6.07, 6.45) is 20.3. The maximum atomic E-state index is 12.7. The zero-order valence-electron chi connectivity index (χ0n) is 25.0. The Morgan fingerprint density at radius 1 is 0.917 bits per heavy atom. The maximum Gasteiger partial charge on any atom is 0.220 e. The minimum atomic E-state index is 0.285. The highest BCUT2D eigenvalue weighted by atomic mass is 16.1. The van der Waals surface area contributed by atoms with Gasteiger partial charge in [-0.3, -0.25) is 4.79 Å². The van der Waals surface area contributed by atoms with Crippen molar-refractivity contribution in [1.29, 1.82) is 0 Å². The van der Waals surface area contributed by atoms with Crippen molar-refractivity contribution in [3.8, 4) is 0 Å². The highest BCUT2D eigenvalue weighted by Gasteiger charge is 2.60. The van der Waals surface area contributed by atoms with Crippen LogP contribution in [-0.4, -0.2) is 44.1 Å². The van der Waals surface area contributed by atoms with Gasteiger partial charge < -0.3 is 9.80 Å². The Labute approximate surface area is 224 Å². The van der Waals surface area contributed by atoms with Crippen molar-refractivity contribution in [2.75, 3.05) is 33.7 Å². The molecule has 0 aromatic heterocycles. The van der Waals surface area contributed by atoms with Crippen LogP contribution < -0.4 is 5.32 Å². The van der Waals surface area contributed by atoms with E-state index in [9.17, 15) is 4.79 Å². The fourth-order valence-electron chi connectivity index (χ4n) is 10.4. The van der Waals surface area contributed by atoms with Crippen molar-refractivity contribution in [2.45, 2.75) is 124 Å². The lowest BCUT2D eigenvalue weighted by atomic mass is 9.44. The number of quaternary nitrogens is 1. The molecule has 1 amide bonds. The van der Waals surface area contributed by atoms with Gasteiger partial charge in [-0.25, -0.2) is 0 Å². The summed E-state index contributed by atoms with van der Waals surface area (Å²) in [5.74, 6) is 5.74. The van der Waals surface area contributed by atoms with E-state index in [0.717, 1.165) is 66.4 Å². The number of unbranched alkanes of at least 4 members (excludes halogenated alkanes) is 1.